The maximum absolute atomic E-state index is 2.23. The molecule has 0 saturated carbocycles. The molecule has 0 heterocycles. The van der Waals surface area contributed by atoms with Crippen LogP contribution in [0, 0.1) is 0 Å². The van der Waals surface area contributed by atoms with Crippen molar-refractivity contribution < 1.29 is 4.28 Å². The van der Waals surface area contributed by atoms with Gasteiger partial charge in [0.25, 0.3) is 0 Å². The van der Waals surface area contributed by atoms with Gasteiger partial charge in [0.15, 0.2) is 0 Å². The van der Waals surface area contributed by atoms with E-state index in [2.05, 4.69) is 182 Å². The Kier molecular flexibility index (Phi) is 13.7. The standard InChI is InChI=1S/2C18H15P.Al.Li.4H/c2*1-4-10-16(11-5-1)19(17-12-6-2-7-13-17)18-14-8-3-9-15-18;;;;;;/h2*1-15H;;;;;;/q;;+3;;;3*-1. The third-order valence-electron chi connectivity index (χ3n) is 6.09. The van der Waals surface area contributed by atoms with Crippen LogP contribution in [0.1, 0.15) is 4.28 Å². The molecule has 6 aromatic carbocycles. The average molecular weight is 563 g/mol. The van der Waals surface area contributed by atoms with E-state index in [4.69, 9.17) is 0 Å². The minimum atomic E-state index is -0.446. The van der Waals surface area contributed by atoms with Gasteiger partial charge >= 0.3 is 36.2 Å². The summed E-state index contributed by atoms with van der Waals surface area (Å²) in [5.41, 5.74) is 0. The fourth-order valence-electron chi connectivity index (χ4n) is 4.36. The van der Waals surface area contributed by atoms with Gasteiger partial charge in [0.2, 0.25) is 0 Å². The van der Waals surface area contributed by atoms with Crippen LogP contribution in [0.5, 0.6) is 0 Å². The van der Waals surface area contributed by atoms with Gasteiger partial charge in [-0.1, -0.05) is 182 Å². The van der Waals surface area contributed by atoms with Crippen LogP contribution in [-0.2, 0) is 0 Å². The zero-order valence-electron chi connectivity index (χ0n) is 24.8. The molecule has 0 aliphatic rings. The van der Waals surface area contributed by atoms with Crippen LogP contribution in [0.15, 0.2) is 182 Å². The molecular formula is C36H34AlLiP2. The summed E-state index contributed by atoms with van der Waals surface area (Å²) in [7, 11) is -0.892. The molecule has 4 heteroatoms. The second-order valence-corrected chi connectivity index (χ2v) is 13.1. The Bertz CT molecular complexity index is 1200. The Morgan fingerprint density at radius 3 is 0.500 bits per heavy atom. The minimum Gasteiger partial charge on any atom is -0.0622 e. The van der Waals surface area contributed by atoms with Crippen molar-refractivity contribution in [3.8, 4) is 0 Å². The summed E-state index contributed by atoms with van der Waals surface area (Å²) in [6.45, 7) is 0. The van der Waals surface area contributed by atoms with Crippen LogP contribution >= 0.6 is 15.8 Å². The molecule has 6 aromatic rings. The number of rotatable bonds is 6. The van der Waals surface area contributed by atoms with Gasteiger partial charge in [-0.2, -0.15) is 0 Å². The van der Waals surface area contributed by atoms with Gasteiger partial charge in [-0.25, -0.2) is 0 Å². The molecule has 0 aliphatic carbocycles. The molecule has 0 nitrogen and oxygen atoms in total. The van der Waals surface area contributed by atoms with E-state index in [1.54, 1.807) is 0 Å². The van der Waals surface area contributed by atoms with E-state index < -0.39 is 15.8 Å². The summed E-state index contributed by atoms with van der Waals surface area (Å²) in [5, 5.41) is 8.39. The Morgan fingerprint density at radius 2 is 0.375 bits per heavy atom. The van der Waals surface area contributed by atoms with Gasteiger partial charge in [0.1, 0.15) is 0 Å². The van der Waals surface area contributed by atoms with Crippen molar-refractivity contribution in [3.05, 3.63) is 182 Å². The number of benzene rings is 6. The van der Waals surface area contributed by atoms with Gasteiger partial charge in [-0.3, -0.25) is 0 Å². The van der Waals surface area contributed by atoms with Crippen LogP contribution < -0.4 is 31.8 Å². The Morgan fingerprint density at radius 1 is 0.250 bits per heavy atom. The Hall–Kier alpha value is -2.69. The maximum atomic E-state index is 2.23. The van der Waals surface area contributed by atoms with Crippen molar-refractivity contribution in [3.63, 3.8) is 0 Å². The molecular weight excluding hydrogens is 528 g/mol. The van der Waals surface area contributed by atoms with Crippen molar-refractivity contribution in [2.24, 2.45) is 0 Å². The molecule has 6 rings (SSSR count). The van der Waals surface area contributed by atoms with E-state index in [1.807, 2.05) is 0 Å². The molecule has 0 spiro atoms. The van der Waals surface area contributed by atoms with Gasteiger partial charge in [0.05, 0.1) is 0 Å². The molecule has 0 atom stereocenters. The first kappa shape index (κ1) is 31.8. The first-order chi connectivity index (χ1) is 18.9. The van der Waals surface area contributed by atoms with Crippen LogP contribution in [-0.4, -0.2) is 36.2 Å². The summed E-state index contributed by atoms with van der Waals surface area (Å²) < 4.78 is 0. The van der Waals surface area contributed by atoms with Crippen LogP contribution in [0.25, 0.3) is 0 Å². The number of hydrogen-bond acceptors (Lipinski definition) is 0. The summed E-state index contributed by atoms with van der Waals surface area (Å²) in [6.07, 6.45) is 0. The topological polar surface area (TPSA) is 0 Å². The molecule has 0 N–H and O–H groups in total. The number of hydrogen-bond donors (Lipinski definition) is 0. The quantitative estimate of drug-likeness (QED) is 0.168. The largest absolute Gasteiger partial charge is 0.0622 e. The third-order valence-corrected chi connectivity index (χ3v) is 11.0. The van der Waals surface area contributed by atoms with Gasteiger partial charge < -0.3 is 4.28 Å². The zero-order chi connectivity index (χ0) is 25.8. The van der Waals surface area contributed by atoms with E-state index in [-0.39, 0.29) is 40.5 Å². The van der Waals surface area contributed by atoms with Crippen molar-refractivity contribution in [1.82, 2.24) is 0 Å². The predicted octanol–water partition coefficient (Wildman–Crippen LogP) is 6.20. The first-order valence-electron chi connectivity index (χ1n) is 12.8. The van der Waals surface area contributed by atoms with Crippen molar-refractivity contribution >= 4 is 83.9 Å². The van der Waals surface area contributed by atoms with Crippen LogP contribution in [0.2, 0.25) is 0 Å². The minimum absolute atomic E-state index is 0. The molecule has 0 aromatic heterocycles. The van der Waals surface area contributed by atoms with Gasteiger partial charge in [-0.05, 0) is 47.7 Å². The molecule has 192 valence electrons. The fourth-order valence-corrected chi connectivity index (χ4v) is 8.97. The van der Waals surface area contributed by atoms with E-state index >= 15 is 0 Å². The predicted molar refractivity (Wildman–Crippen MR) is 187 cm³/mol. The molecule has 0 radical (unpaired) electrons. The molecule has 0 aliphatic heterocycles. The molecule has 0 bridgehead atoms. The normalized spacial score (nSPS) is 10.1. The van der Waals surface area contributed by atoms with Crippen LogP contribution in [0.3, 0.4) is 0 Å². The molecule has 0 saturated heterocycles. The van der Waals surface area contributed by atoms with E-state index in [1.165, 1.54) is 31.8 Å². The Balaban J connectivity index is 0.000000735. The summed E-state index contributed by atoms with van der Waals surface area (Å²) in [4.78, 5) is 0. The second-order valence-electron chi connectivity index (χ2n) is 8.68. The molecule has 0 amide bonds. The molecule has 0 unspecified atom stereocenters. The van der Waals surface area contributed by atoms with E-state index in [0.717, 1.165) is 0 Å². The van der Waals surface area contributed by atoms with Gasteiger partial charge in [0, 0.05) is 0 Å². The van der Waals surface area contributed by atoms with Crippen LogP contribution in [0.4, 0.5) is 0 Å². The summed E-state index contributed by atoms with van der Waals surface area (Å²) in [5.74, 6) is 0. The zero-order valence-corrected chi connectivity index (χ0v) is 24.7. The molecule has 40 heavy (non-hydrogen) atoms. The van der Waals surface area contributed by atoms with E-state index in [9.17, 15) is 0 Å². The van der Waals surface area contributed by atoms with Crippen molar-refractivity contribution in [1.29, 1.82) is 0 Å². The maximum Gasteiger partial charge on any atom is -0.0134 e. The van der Waals surface area contributed by atoms with E-state index in [0.29, 0.717) is 0 Å². The monoisotopic (exact) mass is 562 g/mol. The third kappa shape index (κ3) is 8.65. The summed E-state index contributed by atoms with van der Waals surface area (Å²) in [6, 6.07) is 64.7. The average Bonchev–Trinajstić information content (AvgIpc) is 3.01. The van der Waals surface area contributed by atoms with Gasteiger partial charge in [-0.15, -0.1) is 0 Å². The smallest absolute Gasteiger partial charge is 0.0134 e. The second kappa shape index (κ2) is 17.2. The Labute approximate surface area is 268 Å². The fraction of sp³-hybridized carbons (Fsp3) is 0. The van der Waals surface area contributed by atoms with Crippen molar-refractivity contribution in [2.45, 2.75) is 0 Å². The molecule has 0 fully saturated rings. The first-order valence-corrected chi connectivity index (χ1v) is 15.5. The van der Waals surface area contributed by atoms with Crippen molar-refractivity contribution in [2.75, 3.05) is 0 Å². The summed E-state index contributed by atoms with van der Waals surface area (Å²) >= 11 is 0. The SMILES string of the molecule is [Al+3].[H-].[H-].[H-].[LiH].c1ccc(P(c2ccccc2)c2ccccc2)cc1.c1ccc(P(c2ccccc2)c2ccccc2)cc1.